The number of benzene rings is 2. The molecular formula is C32H47ClN4O7S. The molecule has 1 heterocycles. The van der Waals surface area contributed by atoms with Crippen molar-refractivity contribution in [3.05, 3.63) is 54.1 Å². The van der Waals surface area contributed by atoms with E-state index in [-0.39, 0.29) is 74.4 Å². The van der Waals surface area contributed by atoms with E-state index in [2.05, 4.69) is 10.7 Å². The van der Waals surface area contributed by atoms with Gasteiger partial charge < -0.3 is 19.9 Å². The SMILES string of the molecule is CC(C)CN(C[C@@H](O)[C@H](Cc1ccccc1)N(NC(=O)CNC1CC1)C(=O)CC(C)(C)C)S(=O)(=O)c1ccc2c(c1)OCO2.Cl. The molecule has 0 spiro atoms. The van der Waals surface area contributed by atoms with Gasteiger partial charge in [0.1, 0.15) is 0 Å². The van der Waals surface area contributed by atoms with E-state index >= 15 is 0 Å². The first-order valence-corrected chi connectivity index (χ1v) is 16.6. The number of carbonyl (C=O) groups excluding carboxylic acids is 2. The van der Waals surface area contributed by atoms with Gasteiger partial charge in [-0.1, -0.05) is 65.0 Å². The van der Waals surface area contributed by atoms with Crippen LogP contribution in [0.25, 0.3) is 0 Å². The average molecular weight is 667 g/mol. The molecule has 0 radical (unpaired) electrons. The number of amides is 2. The van der Waals surface area contributed by atoms with Crippen molar-refractivity contribution in [2.75, 3.05) is 26.4 Å². The fraction of sp³-hybridized carbons (Fsp3) is 0.562. The number of ether oxygens (including phenoxy) is 2. The second-order valence-corrected chi connectivity index (χ2v) is 15.2. The number of fused-ring (bicyclic) bond motifs is 1. The predicted octanol–water partition coefficient (Wildman–Crippen LogP) is 3.50. The zero-order chi connectivity index (χ0) is 32.1. The van der Waals surface area contributed by atoms with Crippen molar-refractivity contribution in [1.82, 2.24) is 20.1 Å². The van der Waals surface area contributed by atoms with Crippen molar-refractivity contribution in [2.24, 2.45) is 11.3 Å². The summed E-state index contributed by atoms with van der Waals surface area (Å²) in [4.78, 5) is 26.9. The fourth-order valence-electron chi connectivity index (χ4n) is 5.02. The molecule has 1 aliphatic heterocycles. The zero-order valence-electron chi connectivity index (χ0n) is 26.7. The second kappa shape index (κ2) is 15.6. The zero-order valence-corrected chi connectivity index (χ0v) is 28.3. The largest absolute Gasteiger partial charge is 0.454 e. The van der Waals surface area contributed by atoms with Gasteiger partial charge in [0.05, 0.1) is 23.6 Å². The number of hydrogen-bond acceptors (Lipinski definition) is 8. The Bertz CT molecular complexity index is 1400. The van der Waals surface area contributed by atoms with Crippen molar-refractivity contribution in [3.8, 4) is 11.5 Å². The number of nitrogens with zero attached hydrogens (tertiary/aromatic N) is 2. The summed E-state index contributed by atoms with van der Waals surface area (Å²) < 4.78 is 39.9. The van der Waals surface area contributed by atoms with Gasteiger partial charge in [0.25, 0.3) is 5.91 Å². The number of aliphatic hydroxyl groups is 1. The van der Waals surface area contributed by atoms with Gasteiger partial charge in [-0.3, -0.25) is 15.0 Å². The van der Waals surface area contributed by atoms with E-state index in [1.165, 1.54) is 21.4 Å². The lowest BCUT2D eigenvalue weighted by molar-refractivity contribution is -0.149. The Hall–Kier alpha value is -2.90. The summed E-state index contributed by atoms with van der Waals surface area (Å²) in [6.45, 7) is 9.40. The van der Waals surface area contributed by atoms with Crippen LogP contribution in [-0.4, -0.2) is 79.3 Å². The molecule has 2 aliphatic rings. The molecule has 3 N–H and O–H groups in total. The van der Waals surface area contributed by atoms with Gasteiger partial charge in [-0.15, -0.1) is 12.4 Å². The summed E-state index contributed by atoms with van der Waals surface area (Å²) in [6, 6.07) is 13.1. The van der Waals surface area contributed by atoms with Crippen LogP contribution in [0.4, 0.5) is 0 Å². The molecule has 0 aromatic heterocycles. The Labute approximate surface area is 273 Å². The Morgan fingerprint density at radius 1 is 1.02 bits per heavy atom. The molecule has 0 saturated heterocycles. The number of hydrazine groups is 1. The molecule has 1 fully saturated rings. The van der Waals surface area contributed by atoms with E-state index in [1.807, 2.05) is 65.0 Å². The molecule has 250 valence electrons. The summed E-state index contributed by atoms with van der Waals surface area (Å²) in [7, 11) is -4.09. The predicted molar refractivity (Wildman–Crippen MR) is 173 cm³/mol. The number of nitrogens with one attached hydrogen (secondary N) is 2. The molecule has 1 aliphatic carbocycles. The molecule has 2 atom stereocenters. The Kier molecular flexibility index (Phi) is 12.7. The van der Waals surface area contributed by atoms with Gasteiger partial charge in [-0.05, 0) is 48.3 Å². The van der Waals surface area contributed by atoms with Crippen molar-refractivity contribution < 1.29 is 32.6 Å². The normalized spacial score (nSPS) is 15.8. The number of sulfonamides is 1. The van der Waals surface area contributed by atoms with Crippen LogP contribution >= 0.6 is 12.4 Å². The van der Waals surface area contributed by atoms with E-state index in [0.717, 1.165) is 18.4 Å². The van der Waals surface area contributed by atoms with Crippen LogP contribution in [0.5, 0.6) is 11.5 Å². The summed E-state index contributed by atoms with van der Waals surface area (Å²) in [5, 5.41) is 16.2. The number of carbonyl (C=O) groups is 2. The van der Waals surface area contributed by atoms with Gasteiger partial charge in [0, 0.05) is 31.6 Å². The first-order chi connectivity index (χ1) is 20.7. The van der Waals surface area contributed by atoms with Crippen LogP contribution in [-0.2, 0) is 26.0 Å². The lowest BCUT2D eigenvalue weighted by atomic mass is 9.91. The third-order valence-electron chi connectivity index (χ3n) is 7.33. The van der Waals surface area contributed by atoms with Crippen molar-refractivity contribution in [2.45, 2.75) is 83.4 Å². The molecule has 0 bridgehead atoms. The summed E-state index contributed by atoms with van der Waals surface area (Å²) in [5.74, 6) is -0.0464. The highest BCUT2D eigenvalue weighted by atomic mass is 35.5. The molecule has 0 unspecified atom stereocenters. The van der Waals surface area contributed by atoms with Crippen molar-refractivity contribution >= 4 is 34.2 Å². The molecule has 11 nitrogen and oxygen atoms in total. The molecule has 2 aromatic carbocycles. The van der Waals surface area contributed by atoms with Gasteiger partial charge in [-0.2, -0.15) is 4.31 Å². The Morgan fingerprint density at radius 3 is 2.31 bits per heavy atom. The standard InChI is InChI=1S/C32H46N4O7S.ClH/c1-22(2)19-35(44(40,41)25-13-14-28-29(16-25)43-21-42-28)20-27(37)26(15-23-9-7-6-8-10-23)36(31(39)17-32(3,4)5)34-30(38)18-33-24-11-12-24;/h6-10,13-14,16,22,24,26-27,33,37H,11-12,15,17-21H2,1-5H3,(H,34,38);1H/t26-,27+;/m0./s1. The van der Waals surface area contributed by atoms with Gasteiger partial charge >= 0.3 is 0 Å². The number of rotatable bonds is 14. The molecular weight excluding hydrogens is 620 g/mol. The third-order valence-corrected chi connectivity index (χ3v) is 9.16. The highest BCUT2D eigenvalue weighted by Gasteiger charge is 2.37. The molecule has 1 saturated carbocycles. The summed E-state index contributed by atoms with van der Waals surface area (Å²) in [5.41, 5.74) is 3.18. The third kappa shape index (κ3) is 10.6. The highest BCUT2D eigenvalue weighted by molar-refractivity contribution is 7.89. The topological polar surface area (TPSA) is 138 Å². The minimum atomic E-state index is -4.09. The minimum absolute atomic E-state index is 0. The Balaban J connectivity index is 0.00000552. The van der Waals surface area contributed by atoms with Crippen LogP contribution < -0.4 is 20.2 Å². The maximum atomic E-state index is 14.0. The number of aliphatic hydroxyl groups excluding tert-OH is 1. The second-order valence-electron chi connectivity index (χ2n) is 13.2. The van der Waals surface area contributed by atoms with E-state index in [1.54, 1.807) is 6.07 Å². The lowest BCUT2D eigenvalue weighted by Gasteiger charge is -2.38. The van der Waals surface area contributed by atoms with Crippen LogP contribution in [0.15, 0.2) is 53.4 Å². The highest BCUT2D eigenvalue weighted by Crippen LogP contribution is 2.35. The summed E-state index contributed by atoms with van der Waals surface area (Å²) >= 11 is 0. The first kappa shape index (κ1) is 36.6. The number of halogens is 1. The minimum Gasteiger partial charge on any atom is -0.454 e. The van der Waals surface area contributed by atoms with Crippen LogP contribution in [0.2, 0.25) is 0 Å². The van der Waals surface area contributed by atoms with Gasteiger partial charge in [0.15, 0.2) is 11.5 Å². The number of hydrogen-bond donors (Lipinski definition) is 3. The van der Waals surface area contributed by atoms with E-state index in [9.17, 15) is 23.1 Å². The van der Waals surface area contributed by atoms with Gasteiger partial charge in [0.2, 0.25) is 22.7 Å². The average Bonchev–Trinajstić information content (AvgIpc) is 3.66. The van der Waals surface area contributed by atoms with E-state index in [0.29, 0.717) is 11.5 Å². The van der Waals surface area contributed by atoms with Crippen LogP contribution in [0.1, 0.15) is 59.4 Å². The smallest absolute Gasteiger partial charge is 0.252 e. The van der Waals surface area contributed by atoms with E-state index in [4.69, 9.17) is 9.47 Å². The van der Waals surface area contributed by atoms with Crippen molar-refractivity contribution in [3.63, 3.8) is 0 Å². The van der Waals surface area contributed by atoms with Gasteiger partial charge in [-0.25, -0.2) is 13.4 Å². The first-order valence-electron chi connectivity index (χ1n) is 15.2. The molecule has 4 rings (SSSR count). The molecule has 2 amide bonds. The van der Waals surface area contributed by atoms with Crippen molar-refractivity contribution in [1.29, 1.82) is 0 Å². The Morgan fingerprint density at radius 2 is 1.69 bits per heavy atom. The van der Waals surface area contributed by atoms with Crippen LogP contribution in [0.3, 0.4) is 0 Å². The lowest BCUT2D eigenvalue weighted by Crippen LogP contribution is -2.60. The fourth-order valence-corrected chi connectivity index (χ4v) is 6.65. The van der Waals surface area contributed by atoms with E-state index < -0.39 is 33.5 Å². The monoisotopic (exact) mass is 666 g/mol. The quantitative estimate of drug-likeness (QED) is 0.261. The molecule has 45 heavy (non-hydrogen) atoms. The molecule has 13 heteroatoms. The van der Waals surface area contributed by atoms with Crippen LogP contribution in [0, 0.1) is 11.3 Å². The maximum Gasteiger partial charge on any atom is 0.252 e. The maximum absolute atomic E-state index is 14.0. The summed E-state index contributed by atoms with van der Waals surface area (Å²) in [6.07, 6.45) is 0.941. The molecule has 2 aromatic rings.